The number of carboxylic acid groups (broad SMARTS) is 4. The van der Waals surface area contributed by atoms with Crippen molar-refractivity contribution >= 4 is 56.2 Å². The van der Waals surface area contributed by atoms with Gasteiger partial charge in [0.05, 0.1) is 22.3 Å². The van der Waals surface area contributed by atoms with Crippen LogP contribution in [-0.2, 0) is 0 Å². The van der Waals surface area contributed by atoms with E-state index in [2.05, 4.69) is 47.4 Å². The number of aromatic carboxylic acids is 4. The SMILES string of the molecule is O=C(O)c1ccccc1C#Cc1cc(C#Cc2ccccc2C(=O)O)c2ccc3c(C#Cc4ccccc4C(=O)O)cc(C#Cc4ccccc4C(=O)O)c4ccc1c2c43. The van der Waals surface area contributed by atoms with Gasteiger partial charge in [0, 0.05) is 44.5 Å². The monoisotopic (exact) mass is 778 g/mol. The Balaban J connectivity index is 1.47. The van der Waals surface area contributed by atoms with Gasteiger partial charge < -0.3 is 20.4 Å². The van der Waals surface area contributed by atoms with E-state index in [-0.39, 0.29) is 22.3 Å². The molecule has 0 saturated heterocycles. The number of hydrogen-bond donors (Lipinski definition) is 4. The first-order valence-corrected chi connectivity index (χ1v) is 18.2. The summed E-state index contributed by atoms with van der Waals surface area (Å²) in [4.78, 5) is 48.3. The smallest absolute Gasteiger partial charge is 0.336 e. The van der Waals surface area contributed by atoms with Crippen molar-refractivity contribution in [3.8, 4) is 47.4 Å². The Morgan fingerprint density at radius 2 is 0.483 bits per heavy atom. The predicted octanol–water partition coefficient (Wildman–Crippen LogP) is 8.98. The van der Waals surface area contributed by atoms with Crippen molar-refractivity contribution in [2.75, 3.05) is 0 Å². The first-order chi connectivity index (χ1) is 29.1. The standard InChI is InChI=1S/C52H26O8/c53-49(54)43-13-5-1-9-31(43)17-21-35-29-36(22-18-32-10-2-6-14-44(32)50(55)56)40-27-28-42-38(24-20-34-12-4-8-16-46(34)52(59)60)30-37(41-26-25-39(35)47(40)48(41)42)23-19-33-11-3-7-15-45(33)51(57)58/h1-16,25-30H,(H,53,54)(H,55,56)(H,57,58)(H,59,60). The number of carbonyl (C=O) groups is 4. The summed E-state index contributed by atoms with van der Waals surface area (Å²) < 4.78 is 0. The van der Waals surface area contributed by atoms with Gasteiger partial charge >= 0.3 is 23.9 Å². The highest BCUT2D eigenvalue weighted by Crippen LogP contribution is 2.40. The lowest BCUT2D eigenvalue weighted by Crippen LogP contribution is -2.00. The third-order valence-corrected chi connectivity index (χ3v) is 9.86. The summed E-state index contributed by atoms with van der Waals surface area (Å²) in [6, 6.07) is 36.8. The maximum Gasteiger partial charge on any atom is 0.336 e. The van der Waals surface area contributed by atoms with Crippen LogP contribution in [0.4, 0.5) is 0 Å². The third kappa shape index (κ3) is 7.20. The molecule has 0 aromatic heterocycles. The van der Waals surface area contributed by atoms with E-state index in [0.717, 1.165) is 10.8 Å². The number of benzene rings is 8. The fourth-order valence-electron chi connectivity index (χ4n) is 7.06. The number of hydrogen-bond acceptors (Lipinski definition) is 4. The second kappa shape index (κ2) is 15.8. The molecule has 0 heterocycles. The van der Waals surface area contributed by atoms with Gasteiger partial charge in [-0.2, -0.15) is 0 Å². The van der Waals surface area contributed by atoms with Crippen molar-refractivity contribution in [1.29, 1.82) is 0 Å². The zero-order valence-corrected chi connectivity index (χ0v) is 31.1. The summed E-state index contributed by atoms with van der Waals surface area (Å²) in [5.41, 5.74) is 3.42. The van der Waals surface area contributed by atoms with Gasteiger partial charge in [-0.25, -0.2) is 19.2 Å². The fraction of sp³-hybridized carbons (Fsp3) is 0. The third-order valence-electron chi connectivity index (χ3n) is 9.86. The zero-order chi connectivity index (χ0) is 41.9. The van der Waals surface area contributed by atoms with Crippen LogP contribution in [0.5, 0.6) is 0 Å². The molecule has 4 N–H and O–H groups in total. The minimum atomic E-state index is -1.13. The largest absolute Gasteiger partial charge is 0.478 e. The van der Waals surface area contributed by atoms with Crippen molar-refractivity contribution in [2.45, 2.75) is 0 Å². The van der Waals surface area contributed by atoms with Gasteiger partial charge in [-0.15, -0.1) is 0 Å². The highest BCUT2D eigenvalue weighted by molar-refractivity contribution is 6.27. The molecule has 0 unspecified atom stereocenters. The molecule has 8 rings (SSSR count). The molecule has 0 aliphatic carbocycles. The molecule has 0 aliphatic rings. The highest BCUT2D eigenvalue weighted by Gasteiger charge is 2.18. The number of carboxylic acids is 4. The van der Waals surface area contributed by atoms with Crippen molar-refractivity contribution in [3.63, 3.8) is 0 Å². The van der Waals surface area contributed by atoms with Crippen LogP contribution in [0.15, 0.2) is 133 Å². The summed E-state index contributed by atoms with van der Waals surface area (Å²) in [5.74, 6) is 20.4. The minimum Gasteiger partial charge on any atom is -0.478 e. The lowest BCUT2D eigenvalue weighted by molar-refractivity contribution is 0.0685. The molecule has 0 bridgehead atoms. The summed E-state index contributed by atoms with van der Waals surface area (Å²) in [7, 11) is 0. The highest BCUT2D eigenvalue weighted by atomic mass is 16.4. The summed E-state index contributed by atoms with van der Waals surface area (Å²) >= 11 is 0. The second-order valence-corrected chi connectivity index (χ2v) is 13.4. The Morgan fingerprint density at radius 3 is 0.700 bits per heavy atom. The molecule has 8 nitrogen and oxygen atoms in total. The lowest BCUT2D eigenvalue weighted by Gasteiger charge is -2.16. The molecule has 0 fully saturated rings. The van der Waals surface area contributed by atoms with Crippen LogP contribution in [0.1, 0.15) is 85.9 Å². The van der Waals surface area contributed by atoms with E-state index in [0.29, 0.717) is 66.1 Å². The second-order valence-electron chi connectivity index (χ2n) is 13.4. The molecule has 8 heteroatoms. The van der Waals surface area contributed by atoms with Crippen LogP contribution >= 0.6 is 0 Å². The predicted molar refractivity (Wildman–Crippen MR) is 228 cm³/mol. The van der Waals surface area contributed by atoms with Crippen molar-refractivity contribution < 1.29 is 39.6 Å². The van der Waals surface area contributed by atoms with Crippen molar-refractivity contribution in [1.82, 2.24) is 0 Å². The van der Waals surface area contributed by atoms with Crippen LogP contribution in [0.2, 0.25) is 0 Å². The zero-order valence-electron chi connectivity index (χ0n) is 31.1. The van der Waals surface area contributed by atoms with E-state index in [1.54, 1.807) is 84.9 Å². The van der Waals surface area contributed by atoms with Crippen LogP contribution in [0, 0.1) is 47.4 Å². The van der Waals surface area contributed by atoms with Crippen LogP contribution < -0.4 is 0 Å². The Morgan fingerprint density at radius 1 is 0.283 bits per heavy atom. The van der Waals surface area contributed by atoms with Crippen molar-refractivity contribution in [2.24, 2.45) is 0 Å². The Labute approximate surface area is 342 Å². The molecular formula is C52H26O8. The Bertz CT molecular complexity index is 2970. The Hall–Kier alpha value is -9.08. The topological polar surface area (TPSA) is 149 Å². The molecule has 0 spiro atoms. The average molecular weight is 779 g/mol. The van der Waals surface area contributed by atoms with Crippen LogP contribution in [-0.4, -0.2) is 44.3 Å². The fourth-order valence-corrected chi connectivity index (χ4v) is 7.06. The molecule has 282 valence electrons. The summed E-state index contributed by atoms with van der Waals surface area (Å²) in [6.07, 6.45) is 0. The van der Waals surface area contributed by atoms with Gasteiger partial charge in [0.2, 0.25) is 0 Å². The van der Waals surface area contributed by atoms with Gasteiger partial charge in [-0.1, -0.05) is 120 Å². The summed E-state index contributed by atoms with van der Waals surface area (Å²) in [5, 5.41) is 43.7. The Kier molecular flexibility index (Phi) is 9.97. The average Bonchev–Trinajstić information content (AvgIpc) is 3.26. The van der Waals surface area contributed by atoms with E-state index in [1.165, 1.54) is 24.3 Å². The van der Waals surface area contributed by atoms with Crippen LogP contribution in [0.3, 0.4) is 0 Å². The maximum atomic E-state index is 12.1. The van der Waals surface area contributed by atoms with Gasteiger partial charge in [0.15, 0.2) is 0 Å². The molecule has 0 aliphatic heterocycles. The van der Waals surface area contributed by atoms with E-state index in [1.807, 2.05) is 24.3 Å². The van der Waals surface area contributed by atoms with E-state index in [4.69, 9.17) is 0 Å². The molecule has 8 aromatic rings. The first-order valence-electron chi connectivity index (χ1n) is 18.2. The molecule has 0 radical (unpaired) electrons. The van der Waals surface area contributed by atoms with E-state index < -0.39 is 23.9 Å². The first kappa shape index (κ1) is 37.8. The van der Waals surface area contributed by atoms with Gasteiger partial charge in [-0.05, 0) is 93.0 Å². The lowest BCUT2D eigenvalue weighted by atomic mass is 9.86. The molecule has 0 amide bonds. The van der Waals surface area contributed by atoms with E-state index in [9.17, 15) is 39.6 Å². The van der Waals surface area contributed by atoms with Crippen molar-refractivity contribution in [3.05, 3.63) is 200 Å². The van der Waals surface area contributed by atoms with Crippen LogP contribution in [0.25, 0.3) is 32.3 Å². The normalized spacial score (nSPS) is 10.3. The van der Waals surface area contributed by atoms with E-state index >= 15 is 0 Å². The van der Waals surface area contributed by atoms with Gasteiger partial charge in [-0.3, -0.25) is 0 Å². The maximum absolute atomic E-state index is 12.1. The van der Waals surface area contributed by atoms with Gasteiger partial charge in [0.25, 0.3) is 0 Å². The minimum absolute atomic E-state index is 0.0355. The molecular weight excluding hydrogens is 753 g/mol. The van der Waals surface area contributed by atoms with Gasteiger partial charge in [0.1, 0.15) is 0 Å². The quantitative estimate of drug-likeness (QED) is 0.102. The molecule has 8 aromatic carbocycles. The number of rotatable bonds is 4. The summed E-state index contributed by atoms with van der Waals surface area (Å²) in [6.45, 7) is 0. The molecule has 0 atom stereocenters. The molecule has 60 heavy (non-hydrogen) atoms. The molecule has 0 saturated carbocycles.